The van der Waals surface area contributed by atoms with E-state index in [2.05, 4.69) is 48.6 Å². The van der Waals surface area contributed by atoms with Crippen molar-refractivity contribution in [3.05, 3.63) is 20.4 Å². The zero-order valence-corrected chi connectivity index (χ0v) is 9.57. The molecule has 0 saturated heterocycles. The van der Waals surface area contributed by atoms with Gasteiger partial charge in [-0.3, -0.25) is 0 Å². The lowest BCUT2D eigenvalue weighted by Crippen LogP contribution is -1.94. The van der Waals surface area contributed by atoms with Crippen LogP contribution in [0.15, 0.2) is 16.7 Å². The molecule has 2 rings (SSSR count). The number of rotatable bonds is 0. The van der Waals surface area contributed by atoms with Gasteiger partial charge >= 0.3 is 0 Å². The normalized spacial score (nSPS) is 10.8. The number of fused-ring (bicyclic) bond motifs is 1. The highest BCUT2D eigenvalue weighted by Gasteiger charge is 2.05. The summed E-state index contributed by atoms with van der Waals surface area (Å²) in [6, 6.07) is 1.94. The summed E-state index contributed by atoms with van der Waals surface area (Å²) >= 11 is 5.45. The maximum atomic E-state index is 5.55. The van der Waals surface area contributed by atoms with Crippen molar-refractivity contribution in [2.75, 3.05) is 0 Å². The van der Waals surface area contributed by atoms with Crippen LogP contribution in [0, 0.1) is 3.70 Å². The van der Waals surface area contributed by atoms with Crippen molar-refractivity contribution in [3.63, 3.8) is 0 Å². The molecule has 0 aliphatic rings. The largest absolute Gasteiger partial charge is 0.308 e. The third kappa shape index (κ3) is 1.26. The van der Waals surface area contributed by atoms with Gasteiger partial charge in [0.05, 0.1) is 5.39 Å². The van der Waals surface area contributed by atoms with Gasteiger partial charge in [0.15, 0.2) is 0 Å². The second-order valence-corrected chi connectivity index (χ2v) is 4.20. The Balaban J connectivity index is 2.90. The van der Waals surface area contributed by atoms with Crippen LogP contribution in [-0.2, 0) is 0 Å². The molecule has 0 aromatic carbocycles. The molecule has 3 nitrogen and oxygen atoms in total. The lowest BCUT2D eigenvalue weighted by atomic mass is 10.3. The molecule has 6 heteroatoms. The summed E-state index contributed by atoms with van der Waals surface area (Å²) < 4.78 is 3.07. The first-order chi connectivity index (χ1) is 5.68. The Kier molecular flexibility index (Phi) is 2.11. The van der Waals surface area contributed by atoms with Gasteiger partial charge in [-0.15, -0.1) is 0 Å². The molecule has 58 valence electrons. The minimum atomic E-state index is 0.697. The molecule has 0 aliphatic heterocycles. The molecule has 0 saturated carbocycles. The van der Waals surface area contributed by atoms with Gasteiger partial charge in [-0.25, -0.2) is 4.98 Å². The average molecular weight is 334 g/mol. The molecular weight excluding hydrogens is 332 g/mol. The minimum Gasteiger partial charge on any atom is -0.308 e. The van der Waals surface area contributed by atoms with Crippen molar-refractivity contribution in [1.29, 1.82) is 0 Å². The first kappa shape index (κ1) is 8.49. The predicted molar refractivity (Wildman–Crippen MR) is 59.1 cm³/mol. The fourth-order valence-electron chi connectivity index (χ4n) is 0.962. The molecule has 0 atom stereocenters. The quantitative estimate of drug-likeness (QED) is 0.543. The van der Waals surface area contributed by atoms with Crippen LogP contribution < -0.4 is 0 Å². The third-order valence-electron chi connectivity index (χ3n) is 1.47. The first-order valence-electron chi connectivity index (χ1n) is 3.13. The van der Waals surface area contributed by atoms with Crippen molar-refractivity contribution in [2.24, 2.45) is 0 Å². The number of halogens is 2. The van der Waals surface area contributed by atoms with Gasteiger partial charge in [-0.2, -0.15) is 5.10 Å². The highest BCUT2D eigenvalue weighted by molar-refractivity contribution is 14.1. The van der Waals surface area contributed by atoms with E-state index >= 15 is 0 Å². The van der Waals surface area contributed by atoms with E-state index in [1.807, 2.05) is 6.07 Å². The molecule has 2 aromatic rings. The highest BCUT2D eigenvalue weighted by atomic mass is 127. The summed E-state index contributed by atoms with van der Waals surface area (Å²) in [5, 5.41) is 4.99. The van der Waals surface area contributed by atoms with E-state index in [1.54, 1.807) is 6.20 Å². The molecular formula is C6H2BBrIN3. The lowest BCUT2D eigenvalue weighted by molar-refractivity contribution is 0.987. The molecule has 0 spiro atoms. The Morgan fingerprint density at radius 2 is 2.33 bits per heavy atom. The van der Waals surface area contributed by atoms with Crippen molar-refractivity contribution in [1.82, 2.24) is 14.7 Å². The van der Waals surface area contributed by atoms with E-state index in [1.165, 1.54) is 4.59 Å². The summed E-state index contributed by atoms with van der Waals surface area (Å²) in [5.74, 6) is 0. The van der Waals surface area contributed by atoms with Gasteiger partial charge in [0.25, 0.3) is 7.98 Å². The number of hydrogen-bond donors (Lipinski definition) is 0. The summed E-state index contributed by atoms with van der Waals surface area (Å²) in [6.45, 7) is 0. The summed E-state index contributed by atoms with van der Waals surface area (Å²) in [7, 11) is 5.55. The zero-order valence-electron chi connectivity index (χ0n) is 5.83. The Bertz CT molecular complexity index is 442. The van der Waals surface area contributed by atoms with E-state index in [0.29, 0.717) is 5.65 Å². The zero-order chi connectivity index (χ0) is 8.72. The highest BCUT2D eigenvalue weighted by Crippen LogP contribution is 2.20. The molecule has 0 bridgehead atoms. The summed E-state index contributed by atoms with van der Waals surface area (Å²) in [6.07, 6.45) is 1.70. The standard InChI is InChI=1S/C6H2BBrIN3/c7-12-6-4(5(9)11-12)1-3(8)2-10-6/h1-2H. The van der Waals surface area contributed by atoms with Gasteiger partial charge in [-0.1, -0.05) is 0 Å². The van der Waals surface area contributed by atoms with Crippen molar-refractivity contribution in [3.8, 4) is 0 Å². The number of hydrogen-bond acceptors (Lipinski definition) is 2. The van der Waals surface area contributed by atoms with Crippen molar-refractivity contribution in [2.45, 2.75) is 0 Å². The van der Waals surface area contributed by atoms with Crippen LogP contribution in [0.25, 0.3) is 11.0 Å². The number of nitrogens with zero attached hydrogens (tertiary/aromatic N) is 3. The molecule has 12 heavy (non-hydrogen) atoms. The fourth-order valence-corrected chi connectivity index (χ4v) is 1.92. The van der Waals surface area contributed by atoms with Gasteiger partial charge in [-0.05, 0) is 44.6 Å². The number of pyridine rings is 1. The smallest absolute Gasteiger partial charge is 0.267 e. The molecule has 0 fully saturated rings. The molecule has 0 unspecified atom stereocenters. The van der Waals surface area contributed by atoms with Crippen LogP contribution >= 0.6 is 38.5 Å². The topological polar surface area (TPSA) is 30.7 Å². The van der Waals surface area contributed by atoms with Crippen molar-refractivity contribution >= 4 is 57.5 Å². The molecule has 0 aliphatic carbocycles. The van der Waals surface area contributed by atoms with Gasteiger partial charge in [0, 0.05) is 10.7 Å². The van der Waals surface area contributed by atoms with Crippen LogP contribution in [-0.4, -0.2) is 22.7 Å². The van der Waals surface area contributed by atoms with Crippen LogP contribution in [0.2, 0.25) is 0 Å². The van der Waals surface area contributed by atoms with Crippen LogP contribution in [0.4, 0.5) is 0 Å². The fraction of sp³-hybridized carbons (Fsp3) is 0. The monoisotopic (exact) mass is 333 g/mol. The Morgan fingerprint density at radius 3 is 3.08 bits per heavy atom. The SMILES string of the molecule is [B]n1nc(I)c2cc(Br)cnc21. The average Bonchev–Trinajstić information content (AvgIpc) is 2.28. The molecule has 0 N–H and O–H groups in total. The van der Waals surface area contributed by atoms with E-state index in [-0.39, 0.29) is 0 Å². The Morgan fingerprint density at radius 1 is 1.58 bits per heavy atom. The van der Waals surface area contributed by atoms with Crippen LogP contribution in [0.3, 0.4) is 0 Å². The van der Waals surface area contributed by atoms with E-state index in [9.17, 15) is 0 Å². The van der Waals surface area contributed by atoms with E-state index in [4.69, 9.17) is 7.98 Å². The minimum absolute atomic E-state index is 0.697. The molecule has 2 aromatic heterocycles. The van der Waals surface area contributed by atoms with Crippen LogP contribution in [0.1, 0.15) is 0 Å². The second-order valence-electron chi connectivity index (χ2n) is 2.26. The van der Waals surface area contributed by atoms with Crippen LogP contribution in [0.5, 0.6) is 0 Å². The summed E-state index contributed by atoms with van der Waals surface area (Å²) in [4.78, 5) is 4.12. The third-order valence-corrected chi connectivity index (χ3v) is 2.70. The molecule has 0 amide bonds. The van der Waals surface area contributed by atoms with Gasteiger partial charge in [0.2, 0.25) is 0 Å². The van der Waals surface area contributed by atoms with Gasteiger partial charge in [0.1, 0.15) is 9.35 Å². The Labute approximate surface area is 92.2 Å². The first-order valence-corrected chi connectivity index (χ1v) is 5.00. The number of aromatic nitrogens is 3. The van der Waals surface area contributed by atoms with E-state index < -0.39 is 0 Å². The lowest BCUT2D eigenvalue weighted by Gasteiger charge is -1.92. The second kappa shape index (κ2) is 2.99. The molecule has 2 radical (unpaired) electrons. The summed E-state index contributed by atoms with van der Waals surface area (Å²) in [5.41, 5.74) is 0.697. The van der Waals surface area contributed by atoms with Crippen molar-refractivity contribution < 1.29 is 0 Å². The van der Waals surface area contributed by atoms with Gasteiger partial charge < -0.3 is 4.59 Å². The molecule has 2 heterocycles. The van der Waals surface area contributed by atoms with E-state index in [0.717, 1.165) is 13.6 Å². The maximum absolute atomic E-state index is 5.55. The maximum Gasteiger partial charge on any atom is 0.267 e. The Hall–Kier alpha value is -0.105. The predicted octanol–water partition coefficient (Wildman–Crippen LogP) is 1.73.